The number of benzene rings is 8. The summed E-state index contributed by atoms with van der Waals surface area (Å²) in [5.41, 5.74) is 10.5. The predicted octanol–water partition coefficient (Wildman–Crippen LogP) is 9.29. The van der Waals surface area contributed by atoms with Gasteiger partial charge in [-0.1, -0.05) is 205 Å². The number of hydrogen-bond donors (Lipinski definition) is 0. The van der Waals surface area contributed by atoms with Crippen LogP contribution in [0.25, 0.3) is 58.8 Å². The predicted molar refractivity (Wildman–Crippen MR) is 267 cm³/mol. The molecule has 11 aromatic rings. The SMILES string of the molecule is c1ccc([Si-]2(c3ccccc3)c3ccccc3-c3cc(-c4cc5c(s4)c4sccc4n5-c4ccc5c(c4)-c4ccccc4[Si-]5(c4ccccc4)c4ccccc4)ccc32)cc1. The molecule has 288 valence electrons. The first kappa shape index (κ1) is 35.2. The van der Waals surface area contributed by atoms with Gasteiger partial charge in [-0.05, 0) is 63.0 Å². The summed E-state index contributed by atoms with van der Waals surface area (Å²) in [5.74, 6) is 0. The van der Waals surface area contributed by atoms with Crippen LogP contribution in [0.1, 0.15) is 0 Å². The number of hydrogen-bond acceptors (Lipinski definition) is 2. The maximum absolute atomic E-state index is 2.56. The van der Waals surface area contributed by atoms with Gasteiger partial charge in [0.05, 0.1) is 20.4 Å². The average molecular weight is 844 g/mol. The molecule has 8 aromatic carbocycles. The van der Waals surface area contributed by atoms with Crippen LogP contribution in [-0.2, 0) is 0 Å². The second-order valence-electron chi connectivity index (χ2n) is 16.3. The molecular formula is C56H37NS2Si2-2. The van der Waals surface area contributed by atoms with Gasteiger partial charge in [0.25, 0.3) is 0 Å². The van der Waals surface area contributed by atoms with Crippen LogP contribution in [-0.4, -0.2) is 20.7 Å². The molecule has 0 atom stereocenters. The van der Waals surface area contributed by atoms with Gasteiger partial charge >= 0.3 is 0 Å². The Hall–Kier alpha value is -6.61. The molecular weight excluding hydrogens is 807 g/mol. The summed E-state index contributed by atoms with van der Waals surface area (Å²) in [6.45, 7) is 0. The summed E-state index contributed by atoms with van der Waals surface area (Å²) in [4.78, 5) is 1.30. The third-order valence-corrected chi connectivity index (χ3v) is 25.5. The Labute approximate surface area is 365 Å². The molecule has 1 nitrogen and oxygen atoms in total. The Morgan fingerprint density at radius 1 is 0.344 bits per heavy atom. The van der Waals surface area contributed by atoms with E-state index < -0.39 is 16.1 Å². The van der Waals surface area contributed by atoms with E-state index in [9.17, 15) is 0 Å². The summed E-state index contributed by atoms with van der Waals surface area (Å²) >= 11 is 3.79. The topological polar surface area (TPSA) is 4.93 Å². The molecule has 0 saturated carbocycles. The Bertz CT molecular complexity index is 3400. The summed E-state index contributed by atoms with van der Waals surface area (Å²) in [5, 5.41) is 13.9. The van der Waals surface area contributed by atoms with Gasteiger partial charge in [-0.2, -0.15) is 41.5 Å². The van der Waals surface area contributed by atoms with Gasteiger partial charge in [0.1, 0.15) is 0 Å². The smallest absolute Gasteiger partial charge is 0.0711 e. The monoisotopic (exact) mass is 843 g/mol. The molecule has 5 heteroatoms. The maximum atomic E-state index is 2.53. The van der Waals surface area contributed by atoms with Crippen molar-refractivity contribution in [1.82, 2.24) is 4.57 Å². The van der Waals surface area contributed by atoms with E-state index in [2.05, 4.69) is 228 Å². The zero-order valence-corrected chi connectivity index (χ0v) is 36.8. The van der Waals surface area contributed by atoms with Crippen LogP contribution in [0.3, 0.4) is 0 Å². The van der Waals surface area contributed by atoms with Gasteiger partial charge in [-0.15, -0.1) is 22.7 Å². The minimum Gasteiger partial charge on any atom is -0.307 e. The largest absolute Gasteiger partial charge is 0.307 e. The normalized spacial score (nSPS) is 14.2. The van der Waals surface area contributed by atoms with Crippen molar-refractivity contribution in [2.45, 2.75) is 0 Å². The highest BCUT2D eigenvalue weighted by Crippen LogP contribution is 2.45. The van der Waals surface area contributed by atoms with Gasteiger partial charge in [0, 0.05) is 10.6 Å². The molecule has 0 saturated heterocycles. The molecule has 2 aliphatic heterocycles. The lowest BCUT2D eigenvalue weighted by Gasteiger charge is -2.44. The van der Waals surface area contributed by atoms with Crippen molar-refractivity contribution in [1.29, 1.82) is 0 Å². The molecule has 13 rings (SSSR count). The molecule has 0 aliphatic carbocycles. The number of thiophene rings is 2. The lowest BCUT2D eigenvalue weighted by Crippen LogP contribution is -2.72. The lowest BCUT2D eigenvalue weighted by atomic mass is 10.0. The van der Waals surface area contributed by atoms with Crippen molar-refractivity contribution in [3.05, 3.63) is 224 Å². The number of aromatic nitrogens is 1. The minimum absolute atomic E-state index is 1.21. The van der Waals surface area contributed by atoms with Crippen molar-refractivity contribution < 1.29 is 0 Å². The Balaban J connectivity index is 0.995. The first-order valence-electron chi connectivity index (χ1n) is 21.0. The molecule has 0 fully saturated rings. The Morgan fingerprint density at radius 3 is 1.34 bits per heavy atom. The third kappa shape index (κ3) is 4.80. The molecule has 2 aliphatic rings. The van der Waals surface area contributed by atoms with Gasteiger partial charge in [-0.3, -0.25) is 0 Å². The van der Waals surface area contributed by atoms with Gasteiger partial charge in [0.2, 0.25) is 0 Å². The van der Waals surface area contributed by atoms with Gasteiger partial charge < -0.3 is 4.57 Å². The van der Waals surface area contributed by atoms with Crippen LogP contribution in [0.4, 0.5) is 0 Å². The fourth-order valence-corrected chi connectivity index (χ4v) is 23.6. The summed E-state index contributed by atoms with van der Waals surface area (Å²) in [7, 11) is -5.09. The van der Waals surface area contributed by atoms with E-state index in [1.807, 2.05) is 22.7 Å². The molecule has 0 bridgehead atoms. The van der Waals surface area contributed by atoms with Crippen molar-refractivity contribution in [2.24, 2.45) is 0 Å². The fourth-order valence-electron chi connectivity index (χ4n) is 11.1. The summed E-state index contributed by atoms with van der Waals surface area (Å²) < 4.78 is 5.24. The minimum atomic E-state index is -2.56. The van der Waals surface area contributed by atoms with Crippen LogP contribution in [0.15, 0.2) is 224 Å². The highest BCUT2D eigenvalue weighted by Gasteiger charge is 2.38. The van der Waals surface area contributed by atoms with E-state index in [1.165, 1.54) is 100 Å². The molecule has 0 spiro atoms. The molecule has 0 N–H and O–H groups in total. The Morgan fingerprint density at radius 2 is 0.803 bits per heavy atom. The van der Waals surface area contributed by atoms with Gasteiger partial charge in [-0.25, -0.2) is 0 Å². The van der Waals surface area contributed by atoms with Crippen LogP contribution in [0.5, 0.6) is 0 Å². The second kappa shape index (κ2) is 13.4. The van der Waals surface area contributed by atoms with E-state index in [0.717, 1.165) is 0 Å². The molecule has 0 amide bonds. The second-order valence-corrected chi connectivity index (χ2v) is 25.8. The standard InChI is InChI=1S/C56H37NS2Si2/c1-5-17-40(18-6-1)60(41-19-7-2-8-20-41)51-27-15-13-25-44(51)46-35-38(29-31-53(46)60)50-37-49-56(59-50)55-48(33-34-58-55)57(49)39-30-32-54-47(36-39)45-26-14-16-28-52(45)61(54,42-21-9-3-10-22-42)43-23-11-4-12-24-43/h1-37H/q-2. The Kier molecular flexibility index (Phi) is 7.76. The quantitative estimate of drug-likeness (QED) is 0.147. The van der Waals surface area contributed by atoms with Crippen LogP contribution < -0.4 is 41.5 Å². The van der Waals surface area contributed by atoms with E-state index in [1.54, 1.807) is 0 Å². The fraction of sp³-hybridized carbons (Fsp3) is 0. The zero-order valence-electron chi connectivity index (χ0n) is 33.1. The number of fused-ring (bicyclic) bond motifs is 9. The lowest BCUT2D eigenvalue weighted by molar-refractivity contribution is 1.19. The van der Waals surface area contributed by atoms with E-state index in [0.29, 0.717) is 0 Å². The first-order chi connectivity index (χ1) is 30.3. The van der Waals surface area contributed by atoms with Crippen LogP contribution in [0.2, 0.25) is 0 Å². The van der Waals surface area contributed by atoms with Crippen LogP contribution in [0, 0.1) is 0 Å². The number of nitrogens with zero attached hydrogens (tertiary/aromatic N) is 1. The first-order valence-corrected chi connectivity index (χ1v) is 26.7. The molecule has 3 aromatic heterocycles. The van der Waals surface area contributed by atoms with Crippen molar-refractivity contribution in [2.75, 3.05) is 0 Å². The zero-order chi connectivity index (χ0) is 40.1. The van der Waals surface area contributed by atoms with Crippen molar-refractivity contribution in [3.8, 4) is 38.4 Å². The average Bonchev–Trinajstić information content (AvgIpc) is 4.15. The molecule has 0 radical (unpaired) electrons. The highest BCUT2D eigenvalue weighted by atomic mass is 32.1. The highest BCUT2D eigenvalue weighted by molar-refractivity contribution is 7.28. The maximum Gasteiger partial charge on any atom is 0.0711 e. The van der Waals surface area contributed by atoms with Crippen molar-refractivity contribution >= 4 is 101 Å². The van der Waals surface area contributed by atoms with E-state index in [-0.39, 0.29) is 0 Å². The summed E-state index contributed by atoms with van der Waals surface area (Å²) in [6.07, 6.45) is 0. The van der Waals surface area contributed by atoms with E-state index >= 15 is 0 Å². The molecule has 5 heterocycles. The molecule has 61 heavy (non-hydrogen) atoms. The number of rotatable bonds is 6. The third-order valence-electron chi connectivity index (χ3n) is 13.5. The molecule has 0 unspecified atom stereocenters. The van der Waals surface area contributed by atoms with Crippen molar-refractivity contribution in [3.63, 3.8) is 0 Å². The van der Waals surface area contributed by atoms with Gasteiger partial charge in [0.15, 0.2) is 0 Å². The summed E-state index contributed by atoms with van der Waals surface area (Å²) in [6, 6.07) is 83.1. The van der Waals surface area contributed by atoms with Crippen LogP contribution >= 0.6 is 22.7 Å². The van der Waals surface area contributed by atoms with E-state index in [4.69, 9.17) is 0 Å².